The molecule has 0 aliphatic rings. The van der Waals surface area contributed by atoms with Crippen molar-refractivity contribution in [2.45, 2.75) is 20.4 Å². The molecule has 2 aromatic carbocycles. The molecule has 0 saturated carbocycles. The zero-order valence-electron chi connectivity index (χ0n) is 17.8. The molecule has 152 valence electrons. The van der Waals surface area contributed by atoms with E-state index in [1.54, 1.807) is 38.2 Å². The number of carbonyl (C=O) groups excluding carboxylic acids is 2. The van der Waals surface area contributed by atoms with E-state index in [9.17, 15) is 9.59 Å². The number of rotatable bonds is 4. The molecule has 7 nitrogen and oxygen atoms in total. The molecular weight excluding hydrogens is 366 g/mol. The SMILES string of the molecule is Cc1cccc(C)c1NC(=O)N(C)Cc1nc2cc(C(=O)N(C)C)ccc2n1C. The van der Waals surface area contributed by atoms with Gasteiger partial charge in [-0.3, -0.25) is 4.79 Å². The van der Waals surface area contributed by atoms with E-state index in [2.05, 4.69) is 10.3 Å². The number of urea groups is 1. The van der Waals surface area contributed by atoms with Gasteiger partial charge in [-0.05, 0) is 43.2 Å². The first-order chi connectivity index (χ1) is 13.7. The van der Waals surface area contributed by atoms with Crippen molar-refractivity contribution in [2.75, 3.05) is 26.5 Å². The molecule has 7 heteroatoms. The second-order valence-corrected chi connectivity index (χ2v) is 7.54. The monoisotopic (exact) mass is 393 g/mol. The van der Waals surface area contributed by atoms with Crippen LogP contribution in [-0.2, 0) is 13.6 Å². The van der Waals surface area contributed by atoms with Crippen LogP contribution in [0.5, 0.6) is 0 Å². The lowest BCUT2D eigenvalue weighted by atomic mass is 10.1. The normalized spacial score (nSPS) is 10.8. The van der Waals surface area contributed by atoms with Crippen LogP contribution in [0.15, 0.2) is 36.4 Å². The molecule has 3 aromatic rings. The molecule has 1 N–H and O–H groups in total. The predicted molar refractivity (Wildman–Crippen MR) is 115 cm³/mol. The highest BCUT2D eigenvalue weighted by molar-refractivity contribution is 5.97. The van der Waals surface area contributed by atoms with Gasteiger partial charge in [0.1, 0.15) is 5.82 Å². The largest absolute Gasteiger partial charge is 0.345 e. The lowest BCUT2D eigenvalue weighted by Gasteiger charge is -2.19. The molecule has 0 atom stereocenters. The van der Waals surface area contributed by atoms with Crippen molar-refractivity contribution < 1.29 is 9.59 Å². The Balaban J connectivity index is 1.81. The van der Waals surface area contributed by atoms with Gasteiger partial charge in [0, 0.05) is 39.4 Å². The Morgan fingerprint density at radius 2 is 1.72 bits per heavy atom. The molecule has 29 heavy (non-hydrogen) atoms. The molecule has 0 fully saturated rings. The van der Waals surface area contributed by atoms with Crippen molar-refractivity contribution >= 4 is 28.7 Å². The van der Waals surface area contributed by atoms with Crippen molar-refractivity contribution in [3.8, 4) is 0 Å². The zero-order valence-corrected chi connectivity index (χ0v) is 17.8. The summed E-state index contributed by atoms with van der Waals surface area (Å²) in [5, 5.41) is 2.99. The van der Waals surface area contributed by atoms with E-state index >= 15 is 0 Å². The van der Waals surface area contributed by atoms with Gasteiger partial charge >= 0.3 is 6.03 Å². The summed E-state index contributed by atoms with van der Waals surface area (Å²) in [4.78, 5) is 32.7. The average molecular weight is 393 g/mol. The van der Waals surface area contributed by atoms with E-state index < -0.39 is 0 Å². The third-order valence-electron chi connectivity index (χ3n) is 5.06. The first-order valence-electron chi connectivity index (χ1n) is 9.44. The first-order valence-corrected chi connectivity index (χ1v) is 9.44. The minimum absolute atomic E-state index is 0.0656. The summed E-state index contributed by atoms with van der Waals surface area (Å²) in [6, 6.07) is 11.2. The molecule has 0 bridgehead atoms. The van der Waals surface area contributed by atoms with Crippen LogP contribution in [0.4, 0.5) is 10.5 Å². The number of fused-ring (bicyclic) bond motifs is 1. The van der Waals surface area contributed by atoms with Gasteiger partial charge in [0.25, 0.3) is 5.91 Å². The molecule has 0 unspecified atom stereocenters. The van der Waals surface area contributed by atoms with Gasteiger partial charge in [-0.1, -0.05) is 18.2 Å². The van der Waals surface area contributed by atoms with E-state index in [0.717, 1.165) is 33.7 Å². The minimum atomic E-state index is -0.196. The maximum absolute atomic E-state index is 12.7. The summed E-state index contributed by atoms with van der Waals surface area (Å²) in [6.45, 7) is 4.29. The number of nitrogens with zero attached hydrogens (tertiary/aromatic N) is 4. The second-order valence-electron chi connectivity index (χ2n) is 7.54. The highest BCUT2D eigenvalue weighted by Crippen LogP contribution is 2.21. The lowest BCUT2D eigenvalue weighted by Crippen LogP contribution is -2.32. The van der Waals surface area contributed by atoms with Gasteiger partial charge in [-0.15, -0.1) is 0 Å². The fourth-order valence-electron chi connectivity index (χ4n) is 3.28. The third-order valence-corrected chi connectivity index (χ3v) is 5.06. The fourth-order valence-corrected chi connectivity index (χ4v) is 3.28. The summed E-state index contributed by atoms with van der Waals surface area (Å²) >= 11 is 0. The number of benzene rings is 2. The summed E-state index contributed by atoms with van der Waals surface area (Å²) in [5.74, 6) is 0.679. The minimum Gasteiger partial charge on any atom is -0.345 e. The second kappa shape index (κ2) is 7.95. The van der Waals surface area contributed by atoms with Crippen LogP contribution in [-0.4, -0.2) is 52.4 Å². The fraction of sp³-hybridized carbons (Fsp3) is 0.318. The Morgan fingerprint density at radius 1 is 1.07 bits per heavy atom. The quantitative estimate of drug-likeness (QED) is 0.737. The van der Waals surface area contributed by atoms with Crippen molar-refractivity contribution in [1.82, 2.24) is 19.4 Å². The summed E-state index contributed by atoms with van der Waals surface area (Å²) in [5.41, 5.74) is 5.12. The lowest BCUT2D eigenvalue weighted by molar-refractivity contribution is 0.0827. The molecule has 0 saturated heterocycles. The van der Waals surface area contributed by atoms with Gasteiger partial charge in [0.05, 0.1) is 17.6 Å². The van der Waals surface area contributed by atoms with Crippen molar-refractivity contribution in [2.24, 2.45) is 7.05 Å². The number of anilines is 1. The maximum atomic E-state index is 12.7. The Morgan fingerprint density at radius 3 is 2.34 bits per heavy atom. The molecule has 3 rings (SSSR count). The number of hydrogen-bond donors (Lipinski definition) is 1. The predicted octanol–water partition coefficient (Wildman–Crippen LogP) is 3.56. The Kier molecular flexibility index (Phi) is 5.59. The van der Waals surface area contributed by atoms with Crippen LogP contribution in [0, 0.1) is 13.8 Å². The molecule has 0 aliphatic heterocycles. The van der Waals surface area contributed by atoms with Gasteiger partial charge in [0.2, 0.25) is 0 Å². The number of nitrogens with one attached hydrogen (secondary N) is 1. The molecular formula is C22H27N5O2. The van der Waals surface area contributed by atoms with E-state index in [1.807, 2.05) is 49.7 Å². The van der Waals surface area contributed by atoms with Crippen LogP contribution in [0.2, 0.25) is 0 Å². The number of aromatic nitrogens is 2. The number of para-hydroxylation sites is 1. The van der Waals surface area contributed by atoms with Crippen molar-refractivity contribution in [3.63, 3.8) is 0 Å². The van der Waals surface area contributed by atoms with Crippen LogP contribution in [0.1, 0.15) is 27.3 Å². The summed E-state index contributed by atoms with van der Waals surface area (Å²) < 4.78 is 1.95. The maximum Gasteiger partial charge on any atom is 0.322 e. The van der Waals surface area contributed by atoms with E-state index in [0.29, 0.717) is 12.1 Å². The van der Waals surface area contributed by atoms with Crippen molar-refractivity contribution in [3.05, 3.63) is 58.9 Å². The van der Waals surface area contributed by atoms with E-state index in [-0.39, 0.29) is 11.9 Å². The van der Waals surface area contributed by atoms with Crippen LogP contribution in [0.25, 0.3) is 11.0 Å². The van der Waals surface area contributed by atoms with Gasteiger partial charge in [0.15, 0.2) is 0 Å². The summed E-state index contributed by atoms with van der Waals surface area (Å²) in [7, 11) is 7.10. The molecule has 1 aromatic heterocycles. The topological polar surface area (TPSA) is 70.5 Å². The van der Waals surface area contributed by atoms with Crippen molar-refractivity contribution in [1.29, 1.82) is 0 Å². The zero-order chi connectivity index (χ0) is 21.3. The number of carbonyl (C=O) groups is 2. The number of amides is 3. The highest BCUT2D eigenvalue weighted by Gasteiger charge is 2.17. The van der Waals surface area contributed by atoms with E-state index in [1.165, 1.54) is 4.90 Å². The molecule has 1 heterocycles. The van der Waals surface area contributed by atoms with E-state index in [4.69, 9.17) is 0 Å². The first kappa shape index (κ1) is 20.4. The van der Waals surface area contributed by atoms with Gasteiger partial charge in [-0.25, -0.2) is 9.78 Å². The highest BCUT2D eigenvalue weighted by atomic mass is 16.2. The Bertz CT molecular complexity index is 1060. The van der Waals surface area contributed by atoms with Crippen LogP contribution in [0.3, 0.4) is 0 Å². The van der Waals surface area contributed by atoms with Gasteiger partial charge in [-0.2, -0.15) is 0 Å². The van der Waals surface area contributed by atoms with Crippen LogP contribution >= 0.6 is 0 Å². The summed E-state index contributed by atoms with van der Waals surface area (Å²) in [6.07, 6.45) is 0. The molecule has 0 radical (unpaired) electrons. The third kappa shape index (κ3) is 4.08. The molecule has 3 amide bonds. The number of imidazole rings is 1. The standard InChI is InChI=1S/C22H27N5O2/c1-14-8-7-9-15(2)20(14)24-22(29)26(5)13-19-23-17-12-16(21(28)25(3)4)10-11-18(17)27(19)6/h7-12H,13H2,1-6H3,(H,24,29). The smallest absolute Gasteiger partial charge is 0.322 e. The van der Waals surface area contributed by atoms with Gasteiger partial charge < -0.3 is 19.7 Å². The number of aryl methyl sites for hydroxylation is 3. The molecule has 0 spiro atoms. The average Bonchev–Trinajstić information content (AvgIpc) is 2.98. The number of hydrogen-bond acceptors (Lipinski definition) is 3. The van der Waals surface area contributed by atoms with Crippen LogP contribution < -0.4 is 5.32 Å². The Hall–Kier alpha value is -3.35. The Labute approximate surface area is 170 Å². The molecule has 0 aliphatic carbocycles.